The first-order valence-electron chi connectivity index (χ1n) is 21.9. The molecule has 0 aromatic rings. The fourth-order valence-electron chi connectivity index (χ4n) is 8.59. The third-order valence-electron chi connectivity index (χ3n) is 12.6. The molecular weight excluding hydrogens is 815 g/mol. The number of cyclic esters (lactones) is 1. The highest BCUT2D eigenvalue weighted by atomic mass is 16.6. The number of ether oxygens (including phenoxy) is 5. The number of esters is 2. The van der Waals surface area contributed by atoms with E-state index in [4.69, 9.17) is 23.7 Å². The lowest BCUT2D eigenvalue weighted by Crippen LogP contribution is -2.58. The molecule has 352 valence electrons. The largest absolute Gasteiger partial charge is 0.510 e. The minimum absolute atomic E-state index is 0.0618. The average molecular weight is 886 g/mol. The second-order valence-corrected chi connectivity index (χ2v) is 17.4. The Balaban J connectivity index is 1.97. The summed E-state index contributed by atoms with van der Waals surface area (Å²) < 4.78 is 29.5. The van der Waals surface area contributed by atoms with Crippen LogP contribution in [0.15, 0.2) is 83.0 Å². The lowest BCUT2D eigenvalue weighted by atomic mass is 9.77. The second-order valence-electron chi connectivity index (χ2n) is 17.4. The monoisotopic (exact) mass is 885 g/mol. The number of carbonyl (C=O) groups excluding carboxylic acids is 4. The van der Waals surface area contributed by atoms with E-state index in [0.29, 0.717) is 18.4 Å². The average Bonchev–Trinajstić information content (AvgIpc) is 3.55. The second kappa shape index (κ2) is 24.1. The molecule has 1 fully saturated rings. The van der Waals surface area contributed by atoms with Gasteiger partial charge in [-0.1, -0.05) is 89.1 Å². The maximum atomic E-state index is 13.9. The molecule has 1 aliphatic carbocycles. The molecule has 1 amide bonds. The number of carbonyl (C=O) groups is 4. The van der Waals surface area contributed by atoms with E-state index in [0.717, 1.165) is 17.7 Å². The molecule has 0 bridgehead atoms. The third kappa shape index (κ3) is 14.1. The predicted octanol–water partition coefficient (Wildman–Crippen LogP) is 5.36. The standard InChI is InChI=1S/C48H71NO14/c1-12-15-36-30(7)39(61-41(53)21-20-40(52)49-42-34(50)18-19-35(42)51)25-48(58,63-36)32(9)45(56)31(8)46-37(59-10)17-14-16-26(3)22-28(5)43(54)33(13-2)44(55)29(6)23-27(4)24-38(60-11)47(57)62-46/h12,14-17,20-21,23-24,28-33,36-37,39,43-46,50,54-56,58H,13,18-19,22,25H2,1-11H3,(H,49,52)/b15-12+,17-14?,21-20+,26-16?,27-23?,38-24?. The molecule has 3 aliphatic rings. The molecule has 0 aromatic heterocycles. The topological polar surface area (TPSA) is 228 Å². The number of aliphatic hydroxyl groups is 5. The van der Waals surface area contributed by atoms with Gasteiger partial charge >= 0.3 is 11.9 Å². The van der Waals surface area contributed by atoms with Crippen molar-refractivity contribution in [2.75, 3.05) is 14.2 Å². The van der Waals surface area contributed by atoms with Crippen LogP contribution in [-0.2, 0) is 42.9 Å². The molecule has 14 atom stereocenters. The van der Waals surface area contributed by atoms with Crippen molar-refractivity contribution in [1.82, 2.24) is 5.32 Å². The Morgan fingerprint density at radius 1 is 1.06 bits per heavy atom. The number of hydrogen-bond acceptors (Lipinski definition) is 14. The molecule has 0 spiro atoms. The number of methoxy groups -OCH3 is 2. The fourth-order valence-corrected chi connectivity index (χ4v) is 8.59. The first-order chi connectivity index (χ1) is 29.6. The van der Waals surface area contributed by atoms with Crippen LogP contribution in [-0.4, -0.2) is 112 Å². The van der Waals surface area contributed by atoms with Crippen LogP contribution in [0.4, 0.5) is 0 Å². The Morgan fingerprint density at radius 2 is 1.75 bits per heavy atom. The first kappa shape index (κ1) is 53.0. The molecule has 3 rings (SSSR count). The van der Waals surface area contributed by atoms with Crippen LogP contribution in [0.25, 0.3) is 0 Å². The van der Waals surface area contributed by atoms with Crippen LogP contribution >= 0.6 is 0 Å². The van der Waals surface area contributed by atoms with Crippen molar-refractivity contribution in [1.29, 1.82) is 0 Å². The smallest absolute Gasteiger partial charge is 0.373 e. The van der Waals surface area contributed by atoms with Gasteiger partial charge in [-0.15, -0.1) is 0 Å². The Labute approximate surface area is 372 Å². The Bertz CT molecular complexity index is 1830. The van der Waals surface area contributed by atoms with E-state index in [1.165, 1.54) is 20.3 Å². The van der Waals surface area contributed by atoms with Gasteiger partial charge in [0.25, 0.3) is 0 Å². The van der Waals surface area contributed by atoms with Crippen molar-refractivity contribution in [2.24, 2.45) is 35.5 Å². The van der Waals surface area contributed by atoms with Gasteiger partial charge in [-0.25, -0.2) is 9.59 Å². The predicted molar refractivity (Wildman–Crippen MR) is 235 cm³/mol. The zero-order valence-electron chi connectivity index (χ0n) is 38.6. The van der Waals surface area contributed by atoms with Crippen LogP contribution in [0.5, 0.6) is 0 Å². The van der Waals surface area contributed by atoms with Gasteiger partial charge in [0, 0.05) is 68.1 Å². The molecule has 0 radical (unpaired) electrons. The van der Waals surface area contributed by atoms with E-state index in [1.807, 2.05) is 33.8 Å². The molecule has 2 aliphatic heterocycles. The number of ketones is 1. The number of hydrogen-bond donors (Lipinski definition) is 6. The molecule has 6 N–H and O–H groups in total. The quantitative estimate of drug-likeness (QED) is 0.0825. The number of aliphatic hydroxyl groups excluding tert-OH is 4. The maximum absolute atomic E-state index is 13.9. The number of Topliss-reactive ketones (excluding diaryl/α,β-unsaturated/α-hetero) is 1. The third-order valence-corrected chi connectivity index (χ3v) is 12.6. The number of rotatable bonds is 12. The molecule has 2 heterocycles. The molecule has 1 saturated heterocycles. The van der Waals surface area contributed by atoms with Gasteiger partial charge in [0.15, 0.2) is 11.6 Å². The van der Waals surface area contributed by atoms with Crippen molar-refractivity contribution < 1.29 is 68.4 Å². The normalized spacial score (nSPS) is 33.4. The summed E-state index contributed by atoms with van der Waals surface area (Å²) in [6.45, 7) is 16.1. The SMILES string of the molecule is C/C=C/C1OC(O)(C(C)C(O)C(C)C2OC(=O)C(OC)=CC(C)=CC(C)C(O)C(CC)C(O)C(C)CC(C)=CC=CC2OC)CC(OC(=O)/C=C/C(=O)NC2=C(O)CCC2=O)C1C. The van der Waals surface area contributed by atoms with Crippen molar-refractivity contribution in [2.45, 2.75) is 143 Å². The van der Waals surface area contributed by atoms with Gasteiger partial charge in [-0.05, 0) is 45.6 Å². The van der Waals surface area contributed by atoms with Crippen LogP contribution in [0.1, 0.15) is 94.4 Å². The summed E-state index contributed by atoms with van der Waals surface area (Å²) in [4.78, 5) is 51.4. The van der Waals surface area contributed by atoms with Gasteiger partial charge in [0.2, 0.25) is 11.7 Å². The molecule has 15 heteroatoms. The molecule has 63 heavy (non-hydrogen) atoms. The number of allylic oxidation sites excluding steroid dienone is 8. The van der Waals surface area contributed by atoms with Crippen LogP contribution < -0.4 is 5.32 Å². The van der Waals surface area contributed by atoms with Crippen LogP contribution in [0.2, 0.25) is 0 Å². The van der Waals surface area contributed by atoms with E-state index in [-0.39, 0.29) is 48.3 Å². The zero-order chi connectivity index (χ0) is 47.3. The summed E-state index contributed by atoms with van der Waals surface area (Å²) in [6.07, 6.45) is 7.80. The van der Waals surface area contributed by atoms with Crippen LogP contribution in [0, 0.1) is 35.5 Å². The molecule has 0 saturated carbocycles. The summed E-state index contributed by atoms with van der Waals surface area (Å²) in [5.74, 6) is -8.99. The molecule has 15 nitrogen and oxygen atoms in total. The van der Waals surface area contributed by atoms with Crippen molar-refractivity contribution >= 4 is 23.6 Å². The van der Waals surface area contributed by atoms with Gasteiger partial charge in [-0.2, -0.15) is 0 Å². The highest BCUT2D eigenvalue weighted by Gasteiger charge is 2.52. The fraction of sp³-hybridized carbons (Fsp3) is 0.625. The van der Waals surface area contributed by atoms with Gasteiger partial charge in [-0.3, -0.25) is 9.59 Å². The number of nitrogens with one attached hydrogen (secondary N) is 1. The maximum Gasteiger partial charge on any atom is 0.373 e. The summed E-state index contributed by atoms with van der Waals surface area (Å²) >= 11 is 0. The summed E-state index contributed by atoms with van der Waals surface area (Å²) in [7, 11) is 2.75. The molecule has 14 unspecified atom stereocenters. The first-order valence-corrected chi connectivity index (χ1v) is 21.9. The van der Waals surface area contributed by atoms with Crippen molar-refractivity contribution in [3.63, 3.8) is 0 Å². The lowest BCUT2D eigenvalue weighted by Gasteiger charge is -2.48. The van der Waals surface area contributed by atoms with E-state index in [1.54, 1.807) is 65.0 Å². The minimum Gasteiger partial charge on any atom is -0.510 e. The zero-order valence-corrected chi connectivity index (χ0v) is 38.6. The van der Waals surface area contributed by atoms with E-state index < -0.39 is 95.8 Å². The summed E-state index contributed by atoms with van der Waals surface area (Å²) in [5, 5.41) is 59.2. The van der Waals surface area contributed by atoms with Gasteiger partial charge < -0.3 is 54.5 Å². The van der Waals surface area contributed by atoms with Crippen LogP contribution in [0.3, 0.4) is 0 Å². The van der Waals surface area contributed by atoms with Gasteiger partial charge in [0.05, 0.1) is 31.5 Å². The van der Waals surface area contributed by atoms with Gasteiger partial charge in [0.1, 0.15) is 29.8 Å². The highest BCUT2D eigenvalue weighted by molar-refractivity contribution is 6.04. The summed E-state index contributed by atoms with van der Waals surface area (Å²) in [5.41, 5.74) is 1.32. The Hall–Kier alpha value is -4.38. The van der Waals surface area contributed by atoms with E-state index >= 15 is 0 Å². The number of amides is 1. The van der Waals surface area contributed by atoms with E-state index in [2.05, 4.69) is 5.32 Å². The van der Waals surface area contributed by atoms with Crippen molar-refractivity contribution in [3.8, 4) is 0 Å². The molecular formula is C48H71NO14. The van der Waals surface area contributed by atoms with E-state index in [9.17, 15) is 44.7 Å². The summed E-state index contributed by atoms with van der Waals surface area (Å²) in [6, 6.07) is 0. The minimum atomic E-state index is -2.10. The molecule has 0 aromatic carbocycles. The van der Waals surface area contributed by atoms with Crippen molar-refractivity contribution in [3.05, 3.63) is 83.0 Å². The lowest BCUT2D eigenvalue weighted by molar-refractivity contribution is -0.314. The Morgan fingerprint density at radius 3 is 2.33 bits per heavy atom. The highest BCUT2D eigenvalue weighted by Crippen LogP contribution is 2.41. The Kier molecular flexibility index (Phi) is 20.2.